The molecule has 3 aliphatic heterocycles. The van der Waals surface area contributed by atoms with Crippen LogP contribution >= 0.6 is 0 Å². The monoisotopic (exact) mass is 834 g/mol. The second kappa shape index (κ2) is 13.5. The van der Waals surface area contributed by atoms with Crippen LogP contribution in [0.3, 0.4) is 0 Å². The largest absolute Gasteiger partial charge is 0.479 e. The van der Waals surface area contributed by atoms with Crippen LogP contribution in [0.1, 0.15) is 107 Å². The summed E-state index contributed by atoms with van der Waals surface area (Å²) in [6.07, 6.45) is -13.0. The number of fused-ring (bicyclic) bond motifs is 10. The number of ketones is 1. The van der Waals surface area contributed by atoms with Gasteiger partial charge in [0.15, 0.2) is 30.6 Å². The molecule has 0 radical (unpaired) electrons. The Hall–Kier alpha value is -2.54. The number of allylic oxidation sites excluding steroid dienone is 2. The molecule has 0 aromatic carbocycles. The zero-order valence-electron chi connectivity index (χ0n) is 35.1. The molecule has 0 aromatic rings. The third-order valence-corrected chi connectivity index (χ3v) is 18.2. The van der Waals surface area contributed by atoms with Crippen LogP contribution in [0, 0.1) is 49.7 Å². The van der Waals surface area contributed by atoms with E-state index in [-0.39, 0.29) is 40.5 Å². The summed E-state index contributed by atoms with van der Waals surface area (Å²) in [6, 6.07) is 0. The molecule has 0 aromatic heterocycles. The van der Waals surface area contributed by atoms with E-state index in [1.807, 2.05) is 26.8 Å². The van der Waals surface area contributed by atoms with Crippen molar-refractivity contribution in [3.8, 4) is 0 Å². The maximum atomic E-state index is 15.0. The normalized spacial score (nSPS) is 55.1. The van der Waals surface area contributed by atoms with Gasteiger partial charge in [-0.05, 0) is 90.9 Å². The molecule has 0 spiro atoms. The van der Waals surface area contributed by atoms with Crippen molar-refractivity contribution in [3.05, 3.63) is 11.6 Å². The van der Waals surface area contributed by atoms with Crippen molar-refractivity contribution in [2.75, 3.05) is 0 Å². The number of rotatable bonds is 6. The highest BCUT2D eigenvalue weighted by Crippen LogP contribution is 2.78. The van der Waals surface area contributed by atoms with E-state index in [1.54, 1.807) is 0 Å². The molecule has 16 nitrogen and oxygen atoms in total. The number of aliphatic hydroxyl groups excluding tert-OH is 5. The number of carbonyl (C=O) groups excluding carboxylic acids is 2. The molecule has 7 fully saturated rings. The van der Waals surface area contributed by atoms with Crippen LogP contribution < -0.4 is 0 Å². The minimum atomic E-state index is -2.04. The molecular formula is C43H62O16. The molecule has 8 aliphatic rings. The van der Waals surface area contributed by atoms with E-state index in [0.717, 1.165) is 31.3 Å². The number of esters is 1. The van der Waals surface area contributed by atoms with Crippen molar-refractivity contribution in [3.63, 3.8) is 0 Å². The maximum Gasteiger partial charge on any atom is 0.335 e. The lowest BCUT2D eigenvalue weighted by atomic mass is 9.31. The van der Waals surface area contributed by atoms with Crippen LogP contribution in [0.25, 0.3) is 0 Å². The van der Waals surface area contributed by atoms with E-state index in [2.05, 4.69) is 34.6 Å². The van der Waals surface area contributed by atoms with Crippen LogP contribution in [0.4, 0.5) is 0 Å². The van der Waals surface area contributed by atoms with Crippen molar-refractivity contribution in [2.24, 2.45) is 49.7 Å². The Balaban J connectivity index is 1.09. The van der Waals surface area contributed by atoms with Gasteiger partial charge in [0.05, 0.1) is 11.5 Å². The van der Waals surface area contributed by atoms with Crippen molar-refractivity contribution in [1.29, 1.82) is 0 Å². The predicted molar refractivity (Wildman–Crippen MR) is 202 cm³/mol. The Kier molecular flexibility index (Phi) is 9.85. The molecule has 20 unspecified atom stereocenters. The second-order valence-corrected chi connectivity index (χ2v) is 21.4. The van der Waals surface area contributed by atoms with Gasteiger partial charge in [-0.2, -0.15) is 0 Å². The Morgan fingerprint density at radius 2 is 1.31 bits per heavy atom. The fourth-order valence-electron chi connectivity index (χ4n) is 14.6. The lowest BCUT2D eigenvalue weighted by Crippen LogP contribution is -2.69. The summed E-state index contributed by atoms with van der Waals surface area (Å²) in [5.41, 5.74) is -2.12. The van der Waals surface area contributed by atoms with Crippen LogP contribution in [-0.4, -0.2) is 133 Å². The van der Waals surface area contributed by atoms with Gasteiger partial charge >= 0.3 is 17.9 Å². The number of hydrogen-bond donors (Lipinski definition) is 7. The van der Waals surface area contributed by atoms with Crippen molar-refractivity contribution >= 4 is 23.7 Å². The Morgan fingerprint density at radius 3 is 1.93 bits per heavy atom. The first-order valence-electron chi connectivity index (χ1n) is 21.2. The molecule has 5 aliphatic carbocycles. The minimum absolute atomic E-state index is 0.0839. The summed E-state index contributed by atoms with van der Waals surface area (Å²) in [5, 5.41) is 72.9. The Bertz CT molecular complexity index is 1830. The molecular weight excluding hydrogens is 772 g/mol. The van der Waals surface area contributed by atoms with Gasteiger partial charge in [0, 0.05) is 17.8 Å². The smallest absolute Gasteiger partial charge is 0.335 e. The number of carbonyl (C=O) groups is 4. The van der Waals surface area contributed by atoms with E-state index >= 15 is 4.79 Å². The first-order valence-corrected chi connectivity index (χ1v) is 21.2. The first-order chi connectivity index (χ1) is 27.2. The van der Waals surface area contributed by atoms with Crippen LogP contribution in [0.2, 0.25) is 0 Å². The van der Waals surface area contributed by atoms with Gasteiger partial charge < -0.3 is 59.4 Å². The summed E-state index contributed by atoms with van der Waals surface area (Å²) < 4.78 is 29.5. The van der Waals surface area contributed by atoms with Gasteiger partial charge in [-0.15, -0.1) is 0 Å². The van der Waals surface area contributed by atoms with Crippen molar-refractivity contribution < 1.29 is 78.6 Å². The first kappa shape index (κ1) is 43.1. The molecule has 3 heterocycles. The average Bonchev–Trinajstić information content (AvgIpc) is 3.41. The Morgan fingerprint density at radius 1 is 0.695 bits per heavy atom. The third-order valence-electron chi connectivity index (χ3n) is 18.2. The highest BCUT2D eigenvalue weighted by Gasteiger charge is 2.75. The standard InChI is InChI=1S/C43H62O16/c1-37(2)19-9-12-42(7)31(18(44)15-20-40(42,5)13-14-41(6)22-16-38(3,36(54)56-22)17-43(20,41)8)39(19,4)11-10-21(37)55-35-30(26(48)25(47)29(58-35)33(52)53)59-34-27(49)23(45)24(46)28(57-34)32(50)51/h15,19,21-31,34-35,45-49H,9-14,16-17H2,1-8H3,(H,50,51)(H,52,53). The fourth-order valence-corrected chi connectivity index (χ4v) is 14.6. The van der Waals surface area contributed by atoms with Gasteiger partial charge in [0.25, 0.3) is 0 Å². The molecule has 8 rings (SSSR count). The highest BCUT2D eigenvalue weighted by molar-refractivity contribution is 5.96. The Labute approximate surface area is 343 Å². The van der Waals surface area contributed by atoms with E-state index in [9.17, 15) is 50.1 Å². The fraction of sp³-hybridized carbons (Fsp3) is 0.860. The topological polar surface area (TPSA) is 256 Å². The lowest BCUT2D eigenvalue weighted by Gasteiger charge is -2.72. The molecule has 2 bridgehead atoms. The van der Waals surface area contributed by atoms with Crippen molar-refractivity contribution in [1.82, 2.24) is 0 Å². The molecule has 3 saturated heterocycles. The number of carboxylic acid groups (broad SMARTS) is 2. The van der Waals surface area contributed by atoms with Gasteiger partial charge in [0.2, 0.25) is 0 Å². The van der Waals surface area contributed by atoms with Crippen LogP contribution in [0.5, 0.6) is 0 Å². The zero-order valence-corrected chi connectivity index (χ0v) is 35.1. The van der Waals surface area contributed by atoms with Gasteiger partial charge in [-0.25, -0.2) is 9.59 Å². The van der Waals surface area contributed by atoms with E-state index in [4.69, 9.17) is 23.7 Å². The van der Waals surface area contributed by atoms with Crippen LogP contribution in [-0.2, 0) is 42.9 Å². The number of aliphatic hydroxyl groups is 5. The molecule has 59 heavy (non-hydrogen) atoms. The summed E-state index contributed by atoms with van der Waals surface area (Å²) in [4.78, 5) is 52.3. The average molecular weight is 835 g/mol. The predicted octanol–water partition coefficient (Wildman–Crippen LogP) is 2.09. The zero-order chi connectivity index (χ0) is 43.4. The number of carboxylic acids is 2. The van der Waals surface area contributed by atoms with E-state index < -0.39 is 107 Å². The summed E-state index contributed by atoms with van der Waals surface area (Å²) in [5.74, 6) is -3.73. The molecule has 330 valence electrons. The maximum absolute atomic E-state index is 15.0. The molecule has 0 amide bonds. The third kappa shape index (κ3) is 5.65. The lowest BCUT2D eigenvalue weighted by molar-refractivity contribution is -0.371. The summed E-state index contributed by atoms with van der Waals surface area (Å²) in [6.45, 7) is 17.4. The SMILES string of the molecule is CC12CC(OC1=O)C1(C)CCC3(C)C(=CC(=O)C4C5(C)CCC(OC6OC(C(=O)O)C(O)C(O)C6OC6OC(C(=O)O)C(O)C(O)C6O)C(C)(C)C5CCC43C)C1(C)C2. The van der Waals surface area contributed by atoms with Gasteiger partial charge in [-0.1, -0.05) is 54.0 Å². The number of ether oxygens (including phenoxy) is 5. The quantitative estimate of drug-likeness (QED) is 0.149. The van der Waals surface area contributed by atoms with Crippen molar-refractivity contribution in [2.45, 2.75) is 180 Å². The number of hydrogen-bond acceptors (Lipinski definition) is 14. The highest BCUT2D eigenvalue weighted by atomic mass is 16.8. The summed E-state index contributed by atoms with van der Waals surface area (Å²) >= 11 is 0. The van der Waals surface area contributed by atoms with Gasteiger partial charge in [0.1, 0.15) is 42.7 Å². The van der Waals surface area contributed by atoms with E-state index in [1.165, 1.54) is 0 Å². The molecule has 16 heteroatoms. The van der Waals surface area contributed by atoms with Gasteiger partial charge in [-0.3, -0.25) is 9.59 Å². The summed E-state index contributed by atoms with van der Waals surface area (Å²) in [7, 11) is 0. The molecule has 20 atom stereocenters. The minimum Gasteiger partial charge on any atom is -0.479 e. The number of aliphatic carboxylic acids is 2. The molecule has 4 saturated carbocycles. The van der Waals surface area contributed by atoms with Crippen LogP contribution in [0.15, 0.2) is 11.6 Å². The van der Waals surface area contributed by atoms with E-state index in [0.29, 0.717) is 25.7 Å². The molecule has 7 N–H and O–H groups in total. The second-order valence-electron chi connectivity index (χ2n) is 21.4.